The minimum absolute atomic E-state index is 0.290. The van der Waals surface area contributed by atoms with Crippen molar-refractivity contribution >= 4 is 15.9 Å². The second-order valence-corrected chi connectivity index (χ2v) is 6.03. The van der Waals surface area contributed by atoms with Gasteiger partial charge >= 0.3 is 72.2 Å². The average Bonchev–Trinajstić information content (AvgIpc) is 2.72. The van der Waals surface area contributed by atoms with Crippen LogP contribution in [-0.4, -0.2) is 5.33 Å². The van der Waals surface area contributed by atoms with Gasteiger partial charge in [0.25, 0.3) is 0 Å². The molecule has 0 unspecified atom stereocenters. The molecule has 0 amide bonds. The Morgan fingerprint density at radius 1 is 1.64 bits per heavy atom. The Bertz CT molecular complexity index is 194. The topological polar surface area (TPSA) is 0 Å². The molecular formula is C12H19BrTi. The van der Waals surface area contributed by atoms with Crippen molar-refractivity contribution in [1.29, 1.82) is 0 Å². The summed E-state index contributed by atoms with van der Waals surface area (Å²) < 4.78 is 3.25. The number of hydrogen-bond acceptors (Lipinski definition) is 0. The SMILES string of the molecule is C=CCBr.CCC[CH2][Ti][C]1=CC=CC1. The summed E-state index contributed by atoms with van der Waals surface area (Å²) in [5.74, 6) is 0. The predicted octanol–water partition coefficient (Wildman–Crippen LogP) is 4.70. The van der Waals surface area contributed by atoms with E-state index in [-0.39, 0.29) is 19.2 Å². The van der Waals surface area contributed by atoms with E-state index in [1.54, 1.807) is 9.95 Å². The maximum atomic E-state index is 3.43. The molecule has 1 aliphatic carbocycles. The van der Waals surface area contributed by atoms with E-state index in [1.165, 1.54) is 24.0 Å². The van der Waals surface area contributed by atoms with E-state index in [0.29, 0.717) is 0 Å². The van der Waals surface area contributed by atoms with E-state index in [4.69, 9.17) is 0 Å². The molecule has 0 aromatic rings. The van der Waals surface area contributed by atoms with Gasteiger partial charge in [0, 0.05) is 5.33 Å². The molecule has 1 rings (SSSR count). The first-order valence-corrected chi connectivity index (χ1v) is 8.12. The van der Waals surface area contributed by atoms with E-state index in [0.717, 1.165) is 5.33 Å². The molecule has 0 radical (unpaired) electrons. The third-order valence-electron chi connectivity index (χ3n) is 1.76. The van der Waals surface area contributed by atoms with Crippen LogP contribution in [-0.2, 0) is 19.2 Å². The average molecular weight is 291 g/mol. The first-order chi connectivity index (χ1) is 6.85. The standard InChI is InChI=1S/C5H5.C4H9.C3H5Br.Ti/c1-2-4-5-3-1;1-3-4-2;1-2-3-4;/h1-3H,4H2;1,3-4H2,2H3;2H,1,3H2;. The van der Waals surface area contributed by atoms with Gasteiger partial charge in [-0.2, -0.15) is 0 Å². The third kappa shape index (κ3) is 8.99. The molecule has 0 saturated heterocycles. The van der Waals surface area contributed by atoms with Crippen LogP contribution < -0.4 is 0 Å². The third-order valence-corrected chi connectivity index (χ3v) is 4.45. The summed E-state index contributed by atoms with van der Waals surface area (Å²) in [6, 6.07) is 0. The van der Waals surface area contributed by atoms with Crippen molar-refractivity contribution in [1.82, 2.24) is 0 Å². The summed E-state index contributed by atoms with van der Waals surface area (Å²) in [6.45, 7) is 5.70. The van der Waals surface area contributed by atoms with Gasteiger partial charge in [-0.25, -0.2) is 0 Å². The molecule has 0 aromatic heterocycles. The van der Waals surface area contributed by atoms with Gasteiger partial charge in [0.2, 0.25) is 0 Å². The van der Waals surface area contributed by atoms with Crippen molar-refractivity contribution in [2.75, 3.05) is 5.33 Å². The van der Waals surface area contributed by atoms with Gasteiger partial charge in [0.05, 0.1) is 0 Å². The zero-order chi connectivity index (χ0) is 10.6. The van der Waals surface area contributed by atoms with Gasteiger partial charge < -0.3 is 0 Å². The van der Waals surface area contributed by atoms with Gasteiger partial charge in [-0.15, -0.1) is 6.58 Å². The molecule has 0 saturated carbocycles. The Morgan fingerprint density at radius 2 is 2.36 bits per heavy atom. The Balaban J connectivity index is 0.000000364. The normalized spacial score (nSPS) is 12.9. The van der Waals surface area contributed by atoms with Crippen molar-refractivity contribution < 1.29 is 19.2 Å². The molecule has 0 N–H and O–H groups in total. The first-order valence-electron chi connectivity index (χ1n) is 5.11. The molecular weight excluding hydrogens is 272 g/mol. The Morgan fingerprint density at radius 3 is 2.79 bits per heavy atom. The summed E-state index contributed by atoms with van der Waals surface area (Å²) in [5.41, 5.74) is 0. The Kier molecular flexibility index (Phi) is 11.8. The summed E-state index contributed by atoms with van der Waals surface area (Å²) in [6.07, 6.45) is 12.6. The predicted molar refractivity (Wildman–Crippen MR) is 65.5 cm³/mol. The summed E-state index contributed by atoms with van der Waals surface area (Å²) in [4.78, 5) is 0. The van der Waals surface area contributed by atoms with Crippen LogP contribution >= 0.6 is 15.9 Å². The number of alkyl halides is 1. The van der Waals surface area contributed by atoms with Crippen molar-refractivity contribution in [3.05, 3.63) is 34.8 Å². The van der Waals surface area contributed by atoms with Crippen LogP contribution in [0.4, 0.5) is 0 Å². The fourth-order valence-corrected chi connectivity index (χ4v) is 3.08. The van der Waals surface area contributed by atoms with Crippen LogP contribution in [0, 0.1) is 0 Å². The fourth-order valence-electron chi connectivity index (χ4n) is 1.00. The van der Waals surface area contributed by atoms with Crippen molar-refractivity contribution in [2.24, 2.45) is 0 Å². The molecule has 1 aliphatic rings. The van der Waals surface area contributed by atoms with Crippen molar-refractivity contribution in [3.63, 3.8) is 0 Å². The van der Waals surface area contributed by atoms with Crippen LogP contribution in [0.15, 0.2) is 34.8 Å². The molecule has 2 heteroatoms. The van der Waals surface area contributed by atoms with Gasteiger partial charge in [-0.3, -0.25) is 0 Å². The van der Waals surface area contributed by atoms with Crippen molar-refractivity contribution in [3.8, 4) is 0 Å². The molecule has 0 atom stereocenters. The number of unbranched alkanes of at least 4 members (excludes halogenated alkanes) is 1. The van der Waals surface area contributed by atoms with Gasteiger partial charge in [-0.1, -0.05) is 22.0 Å². The monoisotopic (exact) mass is 290 g/mol. The van der Waals surface area contributed by atoms with E-state index in [2.05, 4.69) is 47.7 Å². The van der Waals surface area contributed by atoms with Crippen LogP contribution in [0.2, 0.25) is 4.73 Å². The number of rotatable bonds is 5. The van der Waals surface area contributed by atoms with E-state index in [1.807, 2.05) is 0 Å². The van der Waals surface area contributed by atoms with Crippen LogP contribution in [0.25, 0.3) is 0 Å². The van der Waals surface area contributed by atoms with E-state index < -0.39 is 0 Å². The van der Waals surface area contributed by atoms with Gasteiger partial charge in [0.1, 0.15) is 0 Å². The molecule has 0 bridgehead atoms. The van der Waals surface area contributed by atoms with Crippen molar-refractivity contribution in [2.45, 2.75) is 30.9 Å². The second-order valence-electron chi connectivity index (χ2n) is 3.05. The number of allylic oxidation sites excluding steroid dienone is 5. The zero-order valence-electron chi connectivity index (χ0n) is 8.93. The molecule has 14 heavy (non-hydrogen) atoms. The fraction of sp³-hybridized carbons (Fsp3) is 0.500. The summed E-state index contributed by atoms with van der Waals surface area (Å²) >= 11 is 3.42. The number of halogens is 1. The first kappa shape index (κ1) is 14.4. The zero-order valence-corrected chi connectivity index (χ0v) is 12.1. The summed E-state index contributed by atoms with van der Waals surface area (Å²) in [7, 11) is 0. The van der Waals surface area contributed by atoms with Crippen LogP contribution in [0.1, 0.15) is 26.2 Å². The Hall–Kier alpha value is 0.414. The van der Waals surface area contributed by atoms with Crippen LogP contribution in [0.5, 0.6) is 0 Å². The van der Waals surface area contributed by atoms with Gasteiger partial charge in [0.15, 0.2) is 0 Å². The molecule has 0 heterocycles. The maximum absolute atomic E-state index is 3.43. The molecule has 78 valence electrons. The van der Waals surface area contributed by atoms with E-state index in [9.17, 15) is 0 Å². The Labute approximate surface area is 106 Å². The van der Waals surface area contributed by atoms with Gasteiger partial charge in [-0.05, 0) is 0 Å². The molecule has 0 aliphatic heterocycles. The second kappa shape index (κ2) is 11.5. The quantitative estimate of drug-likeness (QED) is 0.298. The molecule has 0 aromatic carbocycles. The van der Waals surface area contributed by atoms with E-state index >= 15 is 0 Å². The number of hydrogen-bond donors (Lipinski definition) is 0. The minimum atomic E-state index is 0.290. The summed E-state index contributed by atoms with van der Waals surface area (Å²) in [5, 5.41) is 0.896. The molecule has 0 fully saturated rings. The molecule has 0 spiro atoms. The van der Waals surface area contributed by atoms with Crippen LogP contribution in [0.3, 0.4) is 0 Å². The molecule has 0 nitrogen and oxygen atoms in total.